The molecule has 0 unspecified atom stereocenters. The van der Waals surface area contributed by atoms with Crippen LogP contribution in [0.2, 0.25) is 0 Å². The van der Waals surface area contributed by atoms with Gasteiger partial charge in [-0.1, -0.05) is 15.9 Å². The number of halogens is 1. The van der Waals surface area contributed by atoms with Crippen LogP contribution in [-0.4, -0.2) is 28.6 Å². The Balaban J connectivity index is 1.93. The molecule has 0 N–H and O–H groups in total. The van der Waals surface area contributed by atoms with E-state index in [2.05, 4.69) is 15.9 Å². The van der Waals surface area contributed by atoms with Gasteiger partial charge in [0.1, 0.15) is 0 Å². The van der Waals surface area contributed by atoms with Crippen molar-refractivity contribution < 1.29 is 14.4 Å². The monoisotopic (exact) mass is 346 g/mol. The van der Waals surface area contributed by atoms with Gasteiger partial charge in [-0.2, -0.15) is 0 Å². The third kappa shape index (κ3) is 2.31. The summed E-state index contributed by atoms with van der Waals surface area (Å²) < 4.78 is 2.51. The Morgan fingerprint density at radius 2 is 2.00 bits per heavy atom. The zero-order valence-corrected chi connectivity index (χ0v) is 12.8. The van der Waals surface area contributed by atoms with Crippen molar-refractivity contribution in [2.24, 2.45) is 7.05 Å². The number of hydrogen-bond donors (Lipinski definition) is 0. The molecule has 0 saturated carbocycles. The van der Waals surface area contributed by atoms with Gasteiger partial charge in [-0.3, -0.25) is 19.3 Å². The normalized spacial score (nSPS) is 13.7. The smallest absolute Gasteiger partial charge is 0.299 e. The van der Waals surface area contributed by atoms with Gasteiger partial charge in [0.2, 0.25) is 0 Å². The summed E-state index contributed by atoms with van der Waals surface area (Å²) in [6.45, 7) is -0.141. The molecule has 2 aromatic rings. The molecule has 3 rings (SSSR count). The van der Waals surface area contributed by atoms with Crippen LogP contribution in [0.3, 0.4) is 0 Å². The van der Waals surface area contributed by atoms with E-state index in [1.807, 2.05) is 7.05 Å². The number of rotatable bonds is 3. The lowest BCUT2D eigenvalue weighted by molar-refractivity contribution is -0.114. The number of fused-ring (bicyclic) bond motifs is 1. The molecule has 21 heavy (non-hydrogen) atoms. The molecular formula is C15H11BrN2O3. The molecule has 0 bridgehead atoms. The fourth-order valence-corrected chi connectivity index (χ4v) is 2.68. The van der Waals surface area contributed by atoms with Crippen LogP contribution in [0.5, 0.6) is 0 Å². The summed E-state index contributed by atoms with van der Waals surface area (Å²) >= 11 is 3.31. The van der Waals surface area contributed by atoms with Crippen LogP contribution in [0.25, 0.3) is 0 Å². The van der Waals surface area contributed by atoms with Crippen molar-refractivity contribution in [2.75, 3.05) is 11.4 Å². The summed E-state index contributed by atoms with van der Waals surface area (Å²) in [5.41, 5.74) is 1.33. The molecule has 2 heterocycles. The molecule has 0 aliphatic carbocycles. The van der Waals surface area contributed by atoms with Crippen LogP contribution in [0, 0.1) is 0 Å². The Hall–Kier alpha value is -2.21. The Morgan fingerprint density at radius 1 is 1.24 bits per heavy atom. The minimum absolute atomic E-state index is 0.141. The number of nitrogens with zero attached hydrogens (tertiary/aromatic N) is 2. The molecule has 1 aromatic carbocycles. The first-order chi connectivity index (χ1) is 9.97. The van der Waals surface area contributed by atoms with E-state index in [9.17, 15) is 14.4 Å². The highest BCUT2D eigenvalue weighted by molar-refractivity contribution is 9.10. The predicted octanol–water partition coefficient (Wildman–Crippen LogP) is 2.20. The second kappa shape index (κ2) is 4.96. The first-order valence-electron chi connectivity index (χ1n) is 6.28. The number of hydrogen-bond acceptors (Lipinski definition) is 3. The Morgan fingerprint density at radius 3 is 2.67 bits per heavy atom. The summed E-state index contributed by atoms with van der Waals surface area (Å²) in [7, 11) is 1.81. The van der Waals surface area contributed by atoms with Gasteiger partial charge in [-0.05, 0) is 24.3 Å². The number of benzene rings is 1. The van der Waals surface area contributed by atoms with E-state index in [1.165, 1.54) is 4.90 Å². The number of carbonyl (C=O) groups excluding carboxylic acids is 3. The average Bonchev–Trinajstić information content (AvgIpc) is 2.97. The SMILES string of the molecule is Cn1ccc(C(=O)CN2C(=O)C(=O)c3ccc(Br)cc32)c1. The molecule has 5 nitrogen and oxygen atoms in total. The van der Waals surface area contributed by atoms with Crippen molar-refractivity contribution >= 4 is 39.1 Å². The van der Waals surface area contributed by atoms with Crippen molar-refractivity contribution in [3.05, 3.63) is 52.3 Å². The van der Waals surface area contributed by atoms with Crippen molar-refractivity contribution in [3.63, 3.8) is 0 Å². The Bertz CT molecular complexity index is 779. The van der Waals surface area contributed by atoms with Gasteiger partial charge in [-0.25, -0.2) is 0 Å². The largest absolute Gasteiger partial charge is 0.357 e. The quantitative estimate of drug-likeness (QED) is 0.632. The number of anilines is 1. The number of aromatic nitrogens is 1. The van der Waals surface area contributed by atoms with Crippen LogP contribution in [0.15, 0.2) is 41.1 Å². The number of carbonyl (C=O) groups is 3. The summed E-state index contributed by atoms with van der Waals surface area (Å²) in [5, 5.41) is 0. The van der Waals surface area contributed by atoms with Crippen LogP contribution < -0.4 is 4.90 Å². The summed E-state index contributed by atoms with van der Waals surface area (Å²) in [6, 6.07) is 6.65. The standard InChI is InChI=1S/C15H11BrN2O3/c1-17-5-4-9(7-17)13(19)8-18-12-6-10(16)2-3-11(12)14(20)15(18)21/h2-7H,8H2,1H3. The first kappa shape index (κ1) is 13.8. The van der Waals surface area contributed by atoms with Gasteiger partial charge in [0, 0.05) is 29.5 Å². The Kier molecular flexibility index (Phi) is 3.25. The maximum atomic E-state index is 12.2. The third-order valence-electron chi connectivity index (χ3n) is 3.39. The molecule has 106 valence electrons. The van der Waals surface area contributed by atoms with E-state index < -0.39 is 11.7 Å². The second-order valence-electron chi connectivity index (χ2n) is 4.87. The summed E-state index contributed by atoms with van der Waals surface area (Å²) in [4.78, 5) is 37.4. The average molecular weight is 347 g/mol. The maximum Gasteiger partial charge on any atom is 0.299 e. The van der Waals surface area contributed by atoms with Gasteiger partial charge in [0.05, 0.1) is 17.8 Å². The van der Waals surface area contributed by atoms with Crippen LogP contribution in [0.4, 0.5) is 5.69 Å². The maximum absolute atomic E-state index is 12.2. The molecule has 1 amide bonds. The van der Waals surface area contributed by atoms with E-state index in [4.69, 9.17) is 0 Å². The zero-order chi connectivity index (χ0) is 15.1. The topological polar surface area (TPSA) is 59.4 Å². The fraction of sp³-hybridized carbons (Fsp3) is 0.133. The van der Waals surface area contributed by atoms with E-state index >= 15 is 0 Å². The molecule has 0 saturated heterocycles. The van der Waals surface area contributed by atoms with Crippen LogP contribution >= 0.6 is 15.9 Å². The van der Waals surface area contributed by atoms with Crippen molar-refractivity contribution in [2.45, 2.75) is 0 Å². The highest BCUT2D eigenvalue weighted by atomic mass is 79.9. The summed E-state index contributed by atoms with van der Waals surface area (Å²) in [6.07, 6.45) is 3.45. The fourth-order valence-electron chi connectivity index (χ4n) is 2.33. The van der Waals surface area contributed by atoms with E-state index in [-0.39, 0.29) is 12.3 Å². The zero-order valence-electron chi connectivity index (χ0n) is 11.2. The molecule has 1 aliphatic heterocycles. The number of Topliss-reactive ketones (excluding diaryl/α,β-unsaturated/α-hetero) is 2. The predicted molar refractivity (Wildman–Crippen MR) is 80.6 cm³/mol. The minimum atomic E-state index is -0.660. The highest BCUT2D eigenvalue weighted by Gasteiger charge is 2.36. The lowest BCUT2D eigenvalue weighted by Crippen LogP contribution is -2.34. The van der Waals surface area contributed by atoms with Gasteiger partial charge in [0.25, 0.3) is 11.7 Å². The van der Waals surface area contributed by atoms with Crippen molar-refractivity contribution in [1.82, 2.24) is 4.57 Å². The van der Waals surface area contributed by atoms with E-state index in [0.717, 1.165) is 4.47 Å². The molecular weight excluding hydrogens is 336 g/mol. The van der Waals surface area contributed by atoms with Crippen LogP contribution in [0.1, 0.15) is 20.7 Å². The van der Waals surface area contributed by atoms with Gasteiger partial charge in [-0.15, -0.1) is 0 Å². The molecule has 0 spiro atoms. The first-order valence-corrected chi connectivity index (χ1v) is 7.07. The highest BCUT2D eigenvalue weighted by Crippen LogP contribution is 2.31. The lowest BCUT2D eigenvalue weighted by Gasteiger charge is -2.15. The van der Waals surface area contributed by atoms with Crippen LogP contribution in [-0.2, 0) is 11.8 Å². The molecule has 0 radical (unpaired) electrons. The second-order valence-corrected chi connectivity index (χ2v) is 5.79. The molecule has 1 aromatic heterocycles. The number of amides is 1. The minimum Gasteiger partial charge on any atom is -0.357 e. The van der Waals surface area contributed by atoms with Gasteiger partial charge in [0.15, 0.2) is 5.78 Å². The molecule has 6 heteroatoms. The van der Waals surface area contributed by atoms with Crippen molar-refractivity contribution in [3.8, 4) is 0 Å². The van der Waals surface area contributed by atoms with Crippen molar-refractivity contribution in [1.29, 1.82) is 0 Å². The molecule has 0 fully saturated rings. The lowest BCUT2D eigenvalue weighted by atomic mass is 10.1. The third-order valence-corrected chi connectivity index (χ3v) is 3.88. The van der Waals surface area contributed by atoms with Gasteiger partial charge >= 0.3 is 0 Å². The molecule has 0 atom stereocenters. The molecule has 1 aliphatic rings. The van der Waals surface area contributed by atoms with E-state index in [1.54, 1.807) is 41.2 Å². The number of aryl methyl sites for hydroxylation is 1. The summed E-state index contributed by atoms with van der Waals surface area (Å²) in [5.74, 6) is -1.43. The van der Waals surface area contributed by atoms with E-state index in [0.29, 0.717) is 16.8 Å². The van der Waals surface area contributed by atoms with Gasteiger partial charge < -0.3 is 4.57 Å². The number of ketones is 2. The Labute approximate surface area is 129 Å².